The predicted octanol–water partition coefficient (Wildman–Crippen LogP) is 7.58. The summed E-state index contributed by atoms with van der Waals surface area (Å²) >= 11 is 0. The number of nitrogens with zero attached hydrogens (tertiary/aromatic N) is 1. The number of nitriles is 1. The van der Waals surface area contributed by atoms with E-state index in [1.165, 1.54) is 5.56 Å². The predicted molar refractivity (Wildman–Crippen MR) is 164 cm³/mol. The van der Waals surface area contributed by atoms with Gasteiger partial charge < -0.3 is 24.7 Å². The van der Waals surface area contributed by atoms with Crippen molar-refractivity contribution in [1.29, 1.82) is 5.26 Å². The van der Waals surface area contributed by atoms with Gasteiger partial charge in [-0.25, -0.2) is 4.79 Å². The Morgan fingerprint density at radius 3 is 2.42 bits per heavy atom. The quantitative estimate of drug-likeness (QED) is 0.112. The molecular weight excluding hydrogens is 540 g/mol. The Bertz CT molecular complexity index is 1650. The Kier molecular flexibility index (Phi) is 9.28. The van der Waals surface area contributed by atoms with Crippen molar-refractivity contribution >= 4 is 5.97 Å². The average molecular weight is 575 g/mol. The van der Waals surface area contributed by atoms with Gasteiger partial charge in [0.05, 0.1) is 18.1 Å². The second-order valence-corrected chi connectivity index (χ2v) is 10.4. The first-order valence-corrected chi connectivity index (χ1v) is 14.4. The molecule has 218 valence electrons. The molecule has 7 heteroatoms. The normalized spacial score (nSPS) is 13.8. The molecule has 1 aliphatic heterocycles. The van der Waals surface area contributed by atoms with Gasteiger partial charge in [-0.1, -0.05) is 67.8 Å². The maximum atomic E-state index is 12.9. The fourth-order valence-electron chi connectivity index (χ4n) is 4.87. The lowest BCUT2D eigenvalue weighted by Gasteiger charge is -2.27. The number of allylic oxidation sites excluding steroid dienone is 1. The van der Waals surface area contributed by atoms with Crippen LogP contribution in [0.25, 0.3) is 0 Å². The van der Waals surface area contributed by atoms with E-state index in [2.05, 4.69) is 13.0 Å². The molecule has 43 heavy (non-hydrogen) atoms. The Labute approximate surface area is 252 Å². The summed E-state index contributed by atoms with van der Waals surface area (Å²) in [5.74, 6) is 1.10. The van der Waals surface area contributed by atoms with Crippen LogP contribution in [0.5, 0.6) is 23.0 Å². The van der Waals surface area contributed by atoms with Crippen LogP contribution in [0.15, 0.2) is 102 Å². The zero-order chi connectivity index (χ0) is 30.2. The molecular formula is C36H34N2O5. The molecule has 0 radical (unpaired) electrons. The lowest BCUT2D eigenvalue weighted by atomic mass is 9.83. The number of hydrogen-bond donors (Lipinski definition) is 1. The smallest absolute Gasteiger partial charge is 0.343 e. The number of nitrogens with two attached hydrogens (primary N) is 1. The summed E-state index contributed by atoms with van der Waals surface area (Å²) in [7, 11) is 0. The number of unbranched alkanes of at least 4 members (excludes halogenated alkanes) is 2. The molecule has 0 saturated carbocycles. The zero-order valence-corrected chi connectivity index (χ0v) is 24.3. The molecule has 1 heterocycles. The van der Waals surface area contributed by atoms with Gasteiger partial charge in [0, 0.05) is 11.6 Å². The van der Waals surface area contributed by atoms with Gasteiger partial charge in [0.2, 0.25) is 5.88 Å². The van der Waals surface area contributed by atoms with Crippen LogP contribution >= 0.6 is 0 Å². The minimum atomic E-state index is -0.510. The van der Waals surface area contributed by atoms with Gasteiger partial charge in [-0.05, 0) is 66.9 Å². The second kappa shape index (κ2) is 13.6. The summed E-state index contributed by atoms with van der Waals surface area (Å²) in [5.41, 5.74) is 10.7. The highest BCUT2D eigenvalue weighted by atomic mass is 16.5. The topological polar surface area (TPSA) is 104 Å². The van der Waals surface area contributed by atoms with Gasteiger partial charge in [0.25, 0.3) is 0 Å². The molecule has 7 nitrogen and oxygen atoms in total. The van der Waals surface area contributed by atoms with Crippen molar-refractivity contribution in [1.82, 2.24) is 0 Å². The summed E-state index contributed by atoms with van der Waals surface area (Å²) in [6.45, 7) is 5.25. The molecule has 1 atom stereocenters. The Balaban J connectivity index is 1.32. The summed E-state index contributed by atoms with van der Waals surface area (Å²) in [4.78, 5) is 12.9. The standard InChI is InChI=1S/C36H34N2O5/c1-3-4-5-19-40-28-15-13-26(14-16-28)36(39)42-30-17-18-31-33(21-30)43-35(38)32(22-37)34(31)27-7-6-8-29(20-27)41-23-25-11-9-24(2)10-12-25/h6-18,20-21,34H,3-5,19,23,38H2,1-2H3. The molecule has 0 saturated heterocycles. The number of ether oxygens (including phenoxy) is 4. The van der Waals surface area contributed by atoms with Crippen LogP contribution in [0, 0.1) is 18.3 Å². The number of benzene rings is 4. The number of rotatable bonds is 11. The number of aryl methyl sites for hydroxylation is 1. The van der Waals surface area contributed by atoms with Crippen LogP contribution in [0.4, 0.5) is 0 Å². The molecule has 0 aliphatic carbocycles. The Morgan fingerprint density at radius 1 is 0.907 bits per heavy atom. The van der Waals surface area contributed by atoms with Crippen molar-refractivity contribution in [3.63, 3.8) is 0 Å². The average Bonchev–Trinajstić information content (AvgIpc) is 3.02. The maximum absolute atomic E-state index is 12.9. The van der Waals surface area contributed by atoms with Crippen LogP contribution in [0.1, 0.15) is 64.7 Å². The van der Waals surface area contributed by atoms with Crippen molar-refractivity contribution in [2.45, 2.75) is 45.6 Å². The van der Waals surface area contributed by atoms with E-state index in [1.54, 1.807) is 42.5 Å². The molecule has 0 amide bonds. The number of hydrogen-bond acceptors (Lipinski definition) is 7. The summed E-state index contributed by atoms with van der Waals surface area (Å²) in [5, 5.41) is 9.98. The molecule has 0 fully saturated rings. The van der Waals surface area contributed by atoms with E-state index < -0.39 is 11.9 Å². The van der Waals surface area contributed by atoms with E-state index in [1.807, 2.05) is 55.5 Å². The lowest BCUT2D eigenvalue weighted by Crippen LogP contribution is -2.21. The van der Waals surface area contributed by atoms with Crippen molar-refractivity contribution in [2.75, 3.05) is 6.61 Å². The van der Waals surface area contributed by atoms with Crippen molar-refractivity contribution in [3.8, 4) is 29.1 Å². The minimum Gasteiger partial charge on any atom is -0.494 e. The van der Waals surface area contributed by atoms with Crippen molar-refractivity contribution in [2.24, 2.45) is 5.73 Å². The van der Waals surface area contributed by atoms with Gasteiger partial charge in [-0.15, -0.1) is 0 Å². The number of fused-ring (bicyclic) bond motifs is 1. The molecule has 0 bridgehead atoms. The fraction of sp³-hybridized carbons (Fsp3) is 0.222. The third-order valence-electron chi connectivity index (χ3n) is 7.23. The molecule has 2 N–H and O–H groups in total. The number of esters is 1. The first kappa shape index (κ1) is 29.3. The molecule has 4 aromatic carbocycles. The SMILES string of the molecule is CCCCCOc1ccc(C(=O)Oc2ccc3c(c2)OC(N)=C(C#N)C3c2cccc(OCc3ccc(C)cc3)c2)cc1. The molecule has 0 spiro atoms. The molecule has 1 unspecified atom stereocenters. The third-order valence-corrected chi connectivity index (χ3v) is 7.23. The maximum Gasteiger partial charge on any atom is 0.343 e. The van der Waals surface area contributed by atoms with Crippen molar-refractivity contribution in [3.05, 3.63) is 130 Å². The summed E-state index contributed by atoms with van der Waals surface area (Å²) in [6.07, 6.45) is 3.23. The monoisotopic (exact) mass is 574 g/mol. The fourth-order valence-corrected chi connectivity index (χ4v) is 4.87. The first-order chi connectivity index (χ1) is 20.9. The van der Waals surface area contributed by atoms with Crippen LogP contribution < -0.4 is 24.7 Å². The van der Waals surface area contributed by atoms with Gasteiger partial charge >= 0.3 is 5.97 Å². The zero-order valence-electron chi connectivity index (χ0n) is 24.3. The Hall–Kier alpha value is -5.22. The second-order valence-electron chi connectivity index (χ2n) is 10.4. The molecule has 5 rings (SSSR count). The molecule has 1 aliphatic rings. The van der Waals surface area contributed by atoms with Gasteiger partial charge in [-0.3, -0.25) is 0 Å². The number of carbonyl (C=O) groups is 1. The third kappa shape index (κ3) is 7.17. The molecule has 4 aromatic rings. The van der Waals surface area contributed by atoms with Gasteiger partial charge in [0.15, 0.2) is 0 Å². The van der Waals surface area contributed by atoms with Crippen LogP contribution in [0.3, 0.4) is 0 Å². The summed E-state index contributed by atoms with van der Waals surface area (Å²) in [6, 6.07) is 29.9. The van der Waals surface area contributed by atoms with Crippen LogP contribution in [-0.2, 0) is 6.61 Å². The highest BCUT2D eigenvalue weighted by molar-refractivity contribution is 5.91. The van der Waals surface area contributed by atoms with E-state index in [0.717, 1.165) is 36.0 Å². The number of carbonyl (C=O) groups excluding carboxylic acids is 1. The first-order valence-electron chi connectivity index (χ1n) is 14.4. The Morgan fingerprint density at radius 2 is 1.67 bits per heavy atom. The van der Waals surface area contributed by atoms with Crippen LogP contribution in [-0.4, -0.2) is 12.6 Å². The van der Waals surface area contributed by atoms with E-state index in [9.17, 15) is 10.1 Å². The van der Waals surface area contributed by atoms with E-state index in [-0.39, 0.29) is 5.88 Å². The van der Waals surface area contributed by atoms with Crippen molar-refractivity contribution < 1.29 is 23.7 Å². The summed E-state index contributed by atoms with van der Waals surface area (Å²) < 4.78 is 23.3. The molecule has 0 aromatic heterocycles. The lowest BCUT2D eigenvalue weighted by molar-refractivity contribution is 0.0734. The van der Waals surface area contributed by atoms with Gasteiger partial charge in [-0.2, -0.15) is 5.26 Å². The van der Waals surface area contributed by atoms with Gasteiger partial charge in [0.1, 0.15) is 41.2 Å². The highest BCUT2D eigenvalue weighted by Gasteiger charge is 2.31. The van der Waals surface area contributed by atoms with E-state index in [4.69, 9.17) is 24.7 Å². The van der Waals surface area contributed by atoms with Crippen LogP contribution in [0.2, 0.25) is 0 Å². The minimum absolute atomic E-state index is 0.00368. The van der Waals surface area contributed by atoms with E-state index >= 15 is 0 Å². The van der Waals surface area contributed by atoms with E-state index in [0.29, 0.717) is 47.3 Å². The highest BCUT2D eigenvalue weighted by Crippen LogP contribution is 2.44. The largest absolute Gasteiger partial charge is 0.494 e.